The van der Waals surface area contributed by atoms with Crippen LogP contribution in [0.15, 0.2) is 18.7 Å². The van der Waals surface area contributed by atoms with Crippen LogP contribution < -0.4 is 4.57 Å². The molecule has 0 aliphatic heterocycles. The van der Waals surface area contributed by atoms with Crippen molar-refractivity contribution < 1.29 is 26.5 Å². The highest BCUT2D eigenvalue weighted by atomic mass is 32.3. The fourth-order valence-corrected chi connectivity index (χ4v) is 1.48. The quantitative estimate of drug-likeness (QED) is 0.452. The highest BCUT2D eigenvalue weighted by Crippen LogP contribution is 1.91. The van der Waals surface area contributed by atoms with Crippen LogP contribution in [0.1, 0.15) is 19.8 Å². The maximum Gasteiger partial charge on any atom is 0.397 e. The Morgan fingerprint density at radius 2 is 2.05 bits per heavy atom. The number of rotatable bonds is 7. The fourth-order valence-electron chi connectivity index (χ4n) is 1.20. The van der Waals surface area contributed by atoms with Gasteiger partial charge in [0.1, 0.15) is 12.4 Å². The normalized spacial score (nSPS) is 10.9. The zero-order chi connectivity index (χ0) is 14.7. The first-order valence-electron chi connectivity index (χ1n) is 6.00. The topological polar surface area (TPSA) is 81.6 Å². The molecule has 0 bridgehead atoms. The lowest BCUT2D eigenvalue weighted by Gasteiger charge is -1.96. The summed E-state index contributed by atoms with van der Waals surface area (Å²) in [6.45, 7) is 3.34. The van der Waals surface area contributed by atoms with E-state index in [1.165, 1.54) is 20.0 Å². The van der Waals surface area contributed by atoms with Gasteiger partial charge in [-0.1, -0.05) is 13.3 Å². The zero-order valence-electron chi connectivity index (χ0n) is 11.7. The van der Waals surface area contributed by atoms with E-state index >= 15 is 0 Å². The van der Waals surface area contributed by atoms with Crippen LogP contribution in [0, 0.1) is 0 Å². The fraction of sp³-hybridized carbons (Fsp3) is 0.727. The Hall–Kier alpha value is -0.960. The lowest BCUT2D eigenvalue weighted by molar-refractivity contribution is -0.671. The first kappa shape index (κ1) is 18.0. The summed E-state index contributed by atoms with van der Waals surface area (Å²) in [7, 11) is -0.836. The highest BCUT2D eigenvalue weighted by molar-refractivity contribution is 7.80. The van der Waals surface area contributed by atoms with Gasteiger partial charge in [-0.25, -0.2) is 13.3 Å². The molecule has 1 N–H and O–H groups in total. The third-order valence-corrected chi connectivity index (χ3v) is 2.58. The molecule has 7 nitrogen and oxygen atoms in total. The van der Waals surface area contributed by atoms with Gasteiger partial charge in [0, 0.05) is 7.11 Å². The highest BCUT2D eigenvalue weighted by Gasteiger charge is 2.01. The molecule has 0 amide bonds. The Labute approximate surface area is 114 Å². The van der Waals surface area contributed by atoms with Crippen molar-refractivity contribution in [3.05, 3.63) is 18.7 Å². The van der Waals surface area contributed by atoms with Crippen LogP contribution in [-0.2, 0) is 32.9 Å². The van der Waals surface area contributed by atoms with Crippen molar-refractivity contribution in [1.82, 2.24) is 4.57 Å². The van der Waals surface area contributed by atoms with Crippen molar-refractivity contribution in [2.45, 2.75) is 26.3 Å². The van der Waals surface area contributed by atoms with Crippen LogP contribution >= 0.6 is 0 Å². The van der Waals surface area contributed by atoms with Crippen molar-refractivity contribution in [3.8, 4) is 0 Å². The largest absolute Gasteiger partial charge is 0.397 e. The van der Waals surface area contributed by atoms with E-state index in [-0.39, 0.29) is 13.2 Å². The van der Waals surface area contributed by atoms with Gasteiger partial charge in [0.25, 0.3) is 0 Å². The number of ether oxygens (including phenoxy) is 1. The molecule has 1 heterocycles. The smallest absolute Gasteiger partial charge is 0.382 e. The molecule has 8 heteroatoms. The van der Waals surface area contributed by atoms with Crippen LogP contribution in [0.25, 0.3) is 0 Å². The van der Waals surface area contributed by atoms with Crippen molar-refractivity contribution in [2.24, 2.45) is 7.05 Å². The summed E-state index contributed by atoms with van der Waals surface area (Å²) in [5.74, 6) is 0. The second-order valence-electron chi connectivity index (χ2n) is 3.91. The average molecular weight is 295 g/mol. The molecule has 0 saturated heterocycles. The van der Waals surface area contributed by atoms with E-state index in [4.69, 9.17) is 4.55 Å². The minimum atomic E-state index is -4.28. The standard InChI is InChI=1S/C8H15N2.C3H8O5S/c1-3-4-5-10-7-6-9(2)8-10;1-7-2-3-8-9(4,5)6/h6-8H,3-5H2,1-2H3;2-3H2,1H3,(H,4,5,6)/q+1;. The number of aryl methyl sites for hydroxylation is 2. The third-order valence-electron chi connectivity index (χ3n) is 2.11. The molecule has 0 fully saturated rings. The van der Waals surface area contributed by atoms with E-state index in [1.54, 1.807) is 0 Å². The van der Waals surface area contributed by atoms with E-state index in [0.29, 0.717) is 0 Å². The molecule has 0 unspecified atom stereocenters. The van der Waals surface area contributed by atoms with E-state index in [1.807, 2.05) is 7.05 Å². The van der Waals surface area contributed by atoms with E-state index in [2.05, 4.69) is 43.7 Å². The van der Waals surface area contributed by atoms with Gasteiger partial charge < -0.3 is 4.74 Å². The van der Waals surface area contributed by atoms with E-state index in [0.717, 1.165) is 6.54 Å². The molecule has 0 radical (unpaired) electrons. The monoisotopic (exact) mass is 295 g/mol. The molecule has 0 atom stereocenters. The van der Waals surface area contributed by atoms with Crippen LogP contribution in [-0.4, -0.2) is 37.9 Å². The molecule has 1 aromatic heterocycles. The first-order chi connectivity index (χ1) is 8.89. The lowest BCUT2D eigenvalue weighted by atomic mass is 10.3. The van der Waals surface area contributed by atoms with E-state index in [9.17, 15) is 8.42 Å². The van der Waals surface area contributed by atoms with Crippen molar-refractivity contribution in [2.75, 3.05) is 20.3 Å². The van der Waals surface area contributed by atoms with Crippen LogP contribution in [0.2, 0.25) is 0 Å². The van der Waals surface area contributed by atoms with Crippen molar-refractivity contribution in [3.63, 3.8) is 0 Å². The summed E-state index contributed by atoms with van der Waals surface area (Å²) in [5.41, 5.74) is 0. The van der Waals surface area contributed by atoms with Crippen molar-refractivity contribution in [1.29, 1.82) is 0 Å². The summed E-state index contributed by atoms with van der Waals surface area (Å²) in [5, 5.41) is 0. The van der Waals surface area contributed by atoms with Gasteiger partial charge in [0.15, 0.2) is 0 Å². The Balaban J connectivity index is 0.000000344. The van der Waals surface area contributed by atoms with Gasteiger partial charge in [-0.2, -0.15) is 8.42 Å². The van der Waals surface area contributed by atoms with Crippen LogP contribution in [0.3, 0.4) is 0 Å². The zero-order valence-corrected chi connectivity index (χ0v) is 12.5. The first-order valence-corrected chi connectivity index (χ1v) is 7.37. The number of aromatic nitrogens is 2. The van der Waals surface area contributed by atoms with Gasteiger partial charge in [-0.3, -0.25) is 4.55 Å². The second kappa shape index (κ2) is 9.90. The van der Waals surface area contributed by atoms with Gasteiger partial charge in [-0.15, -0.1) is 0 Å². The SMILES string of the molecule is CCCCn1cc[n+](C)c1.COCCOS(=O)(=O)O. The predicted octanol–water partition coefficient (Wildman–Crippen LogP) is 0.565. The number of hydrogen-bond donors (Lipinski definition) is 1. The second-order valence-corrected chi connectivity index (χ2v) is 5.00. The molecule has 1 rings (SSSR count). The molecule has 0 saturated carbocycles. The minimum Gasteiger partial charge on any atom is -0.382 e. The number of methoxy groups -OCH3 is 1. The summed E-state index contributed by atoms with van der Waals surface area (Å²) >= 11 is 0. The molecule has 1 aromatic rings. The van der Waals surface area contributed by atoms with Crippen LogP contribution in [0.4, 0.5) is 0 Å². The Morgan fingerprint density at radius 1 is 1.37 bits per heavy atom. The Kier molecular flexibility index (Phi) is 9.40. The summed E-state index contributed by atoms with van der Waals surface area (Å²) in [6, 6.07) is 0. The Bertz CT molecular complexity index is 430. The van der Waals surface area contributed by atoms with Gasteiger partial charge in [-0.05, 0) is 6.42 Å². The number of unbranched alkanes of at least 4 members (excludes halogenated alkanes) is 1. The molecule has 0 spiro atoms. The Morgan fingerprint density at radius 3 is 2.47 bits per heavy atom. The maximum atomic E-state index is 9.78. The van der Waals surface area contributed by atoms with Gasteiger partial charge >= 0.3 is 10.4 Å². The molecular weight excluding hydrogens is 272 g/mol. The number of imidazole rings is 1. The minimum absolute atomic E-state index is 0.139. The number of nitrogens with zero attached hydrogens (tertiary/aromatic N) is 2. The molecule has 112 valence electrons. The molecule has 0 aromatic carbocycles. The molecular formula is C11H23N2O5S+. The van der Waals surface area contributed by atoms with Crippen molar-refractivity contribution >= 4 is 10.4 Å². The third kappa shape index (κ3) is 11.8. The lowest BCUT2D eigenvalue weighted by Crippen LogP contribution is -2.23. The number of hydrogen-bond acceptors (Lipinski definition) is 4. The molecule has 0 aliphatic carbocycles. The van der Waals surface area contributed by atoms with Crippen LogP contribution in [0.5, 0.6) is 0 Å². The maximum absolute atomic E-state index is 9.78. The van der Waals surface area contributed by atoms with E-state index < -0.39 is 10.4 Å². The summed E-state index contributed by atoms with van der Waals surface area (Å²) in [6.07, 6.45) is 8.82. The predicted molar refractivity (Wildman–Crippen MR) is 69.9 cm³/mol. The average Bonchev–Trinajstić information content (AvgIpc) is 2.72. The summed E-state index contributed by atoms with van der Waals surface area (Å²) in [4.78, 5) is 0. The van der Waals surface area contributed by atoms with Gasteiger partial charge in [0.05, 0.1) is 26.8 Å². The molecule has 0 aliphatic rings. The van der Waals surface area contributed by atoms with Gasteiger partial charge in [0.2, 0.25) is 6.33 Å². The molecule has 19 heavy (non-hydrogen) atoms. The summed E-state index contributed by atoms with van der Waals surface area (Å²) < 4.78 is 40.1.